The Hall–Kier alpha value is -3.38. The number of carbonyl (C=O) groups excluding carboxylic acids is 2. The largest absolute Gasteiger partial charge is 0.506 e. The van der Waals surface area contributed by atoms with Gasteiger partial charge in [0.05, 0.1) is 51.4 Å². The van der Waals surface area contributed by atoms with Crippen molar-refractivity contribution >= 4 is 23.1 Å². The Morgan fingerprint density at radius 3 is 2.14 bits per heavy atom. The van der Waals surface area contributed by atoms with Gasteiger partial charge in [-0.1, -0.05) is 26.8 Å². The van der Waals surface area contributed by atoms with Gasteiger partial charge < -0.3 is 55.1 Å². The minimum Gasteiger partial charge on any atom is -0.506 e. The van der Waals surface area contributed by atoms with Gasteiger partial charge in [0.1, 0.15) is 35.9 Å². The van der Waals surface area contributed by atoms with E-state index >= 15 is 0 Å². The first kappa shape index (κ1) is 42.0. The summed E-state index contributed by atoms with van der Waals surface area (Å²) < 4.78 is 21.5. The van der Waals surface area contributed by atoms with Crippen LogP contribution in [0.3, 0.4) is 0 Å². The lowest BCUT2D eigenvalue weighted by molar-refractivity contribution is -0.302. The van der Waals surface area contributed by atoms with Crippen LogP contribution >= 0.6 is 0 Å². The summed E-state index contributed by atoms with van der Waals surface area (Å²) in [6.07, 6.45) is -6.26. The number of aromatic hydroxyl groups is 1. The van der Waals surface area contributed by atoms with Gasteiger partial charge in [-0.15, -0.1) is 5.11 Å². The number of aliphatic hydroxyl groups excluding tert-OH is 4. The molecule has 1 fully saturated rings. The third-order valence-electron chi connectivity index (χ3n) is 7.81. The Balaban J connectivity index is 1.38. The van der Waals surface area contributed by atoms with Crippen LogP contribution in [0.1, 0.15) is 57.5 Å². The van der Waals surface area contributed by atoms with Gasteiger partial charge in [-0.3, -0.25) is 9.59 Å². The molecule has 15 heteroatoms. The van der Waals surface area contributed by atoms with E-state index in [1.807, 2.05) is 41.5 Å². The van der Waals surface area contributed by atoms with E-state index < -0.39 is 48.8 Å². The fraction of sp³-hybridized carbons (Fsp3) is 0.611. The van der Waals surface area contributed by atoms with Crippen molar-refractivity contribution in [3.05, 3.63) is 53.6 Å². The Bertz CT molecular complexity index is 1420. The molecule has 0 aliphatic carbocycles. The average Bonchev–Trinajstić information content (AvgIpc) is 3.07. The highest BCUT2D eigenvalue weighted by molar-refractivity contribution is 5.94. The van der Waals surface area contributed by atoms with E-state index in [2.05, 4.69) is 20.9 Å². The maximum atomic E-state index is 13.2. The Morgan fingerprint density at radius 1 is 0.863 bits per heavy atom. The number of Topliss-reactive ketones (excluding diaryl/α,β-unsaturated/α-hetero) is 1. The molecule has 6 atom stereocenters. The molecule has 2 aromatic carbocycles. The number of amides is 1. The Labute approximate surface area is 299 Å². The fourth-order valence-corrected chi connectivity index (χ4v) is 5.15. The first-order valence-electron chi connectivity index (χ1n) is 17.0. The van der Waals surface area contributed by atoms with Crippen molar-refractivity contribution < 1.29 is 54.1 Å². The fourth-order valence-electron chi connectivity index (χ4n) is 5.15. The zero-order valence-electron chi connectivity index (χ0n) is 30.2. The smallest absolute Gasteiger partial charge is 0.251 e. The van der Waals surface area contributed by atoms with Crippen molar-refractivity contribution in [2.45, 2.75) is 90.2 Å². The van der Waals surface area contributed by atoms with Crippen LogP contribution in [0.5, 0.6) is 5.75 Å². The van der Waals surface area contributed by atoms with Crippen LogP contribution in [-0.4, -0.2) is 126 Å². The van der Waals surface area contributed by atoms with E-state index in [1.54, 1.807) is 36.4 Å². The van der Waals surface area contributed by atoms with Gasteiger partial charge in [0.15, 0.2) is 12.1 Å². The van der Waals surface area contributed by atoms with E-state index in [0.29, 0.717) is 17.7 Å². The molecule has 0 spiro atoms. The summed E-state index contributed by atoms with van der Waals surface area (Å²) in [6, 6.07) is 11.1. The number of azo groups is 1. The summed E-state index contributed by atoms with van der Waals surface area (Å²) in [5.41, 5.74) is 1.18. The summed E-state index contributed by atoms with van der Waals surface area (Å²) in [5.74, 6) is -0.248. The lowest BCUT2D eigenvalue weighted by Gasteiger charge is -2.39. The van der Waals surface area contributed by atoms with Crippen molar-refractivity contribution in [1.82, 2.24) is 10.6 Å². The summed E-state index contributed by atoms with van der Waals surface area (Å²) in [7, 11) is 0. The molecule has 284 valence electrons. The highest BCUT2D eigenvalue weighted by atomic mass is 16.7. The molecule has 1 aliphatic rings. The topological polar surface area (TPSA) is 221 Å². The highest BCUT2D eigenvalue weighted by Crippen LogP contribution is 2.31. The van der Waals surface area contributed by atoms with E-state index in [0.717, 1.165) is 5.56 Å². The normalized spacial score (nSPS) is 21.9. The van der Waals surface area contributed by atoms with E-state index in [-0.39, 0.29) is 68.2 Å². The Kier molecular flexibility index (Phi) is 16.0. The molecule has 51 heavy (non-hydrogen) atoms. The van der Waals surface area contributed by atoms with Crippen molar-refractivity contribution in [2.75, 3.05) is 46.2 Å². The molecule has 2 aromatic rings. The molecule has 3 rings (SSSR count). The zero-order chi connectivity index (χ0) is 37.8. The van der Waals surface area contributed by atoms with Crippen LogP contribution in [0.15, 0.2) is 52.7 Å². The van der Waals surface area contributed by atoms with Crippen LogP contribution in [0.2, 0.25) is 0 Å². The number of benzene rings is 2. The lowest BCUT2D eigenvalue weighted by atomic mass is 9.83. The first-order chi connectivity index (χ1) is 24.0. The summed E-state index contributed by atoms with van der Waals surface area (Å²) in [6.45, 7) is 12.4. The van der Waals surface area contributed by atoms with Gasteiger partial charge in [0, 0.05) is 23.1 Å². The van der Waals surface area contributed by atoms with Gasteiger partial charge in [-0.2, -0.15) is 5.11 Å². The van der Waals surface area contributed by atoms with Gasteiger partial charge in [-0.25, -0.2) is 0 Å². The van der Waals surface area contributed by atoms with Crippen LogP contribution in [0, 0.1) is 5.41 Å². The van der Waals surface area contributed by atoms with Gasteiger partial charge in [0.2, 0.25) is 0 Å². The number of phenols is 1. The minimum atomic E-state index is -1.51. The molecular weight excluding hydrogens is 664 g/mol. The second-order valence-corrected chi connectivity index (χ2v) is 14.4. The molecular formula is C36H54N4O11. The number of hydrogen-bond donors (Lipinski definition) is 7. The molecule has 0 bridgehead atoms. The molecule has 1 heterocycles. The number of nitrogens with zero attached hydrogens (tertiary/aromatic N) is 2. The third kappa shape index (κ3) is 13.6. The van der Waals surface area contributed by atoms with E-state index in [4.69, 9.17) is 18.9 Å². The Morgan fingerprint density at radius 2 is 1.51 bits per heavy atom. The second-order valence-electron chi connectivity index (χ2n) is 14.4. The monoisotopic (exact) mass is 718 g/mol. The molecule has 1 amide bonds. The van der Waals surface area contributed by atoms with E-state index in [1.165, 1.54) is 6.07 Å². The third-order valence-corrected chi connectivity index (χ3v) is 7.81. The SMILES string of the molecule is CC(C)(C)NC(Cc1ccc(O)c(N=Nc2ccc(C(=O)NCCOCCOCCO[C@H]3OC(CO)[C@@H](O)C(O)C3O)cc2)c1)C(=O)C(C)(C)C. The maximum absolute atomic E-state index is 13.2. The summed E-state index contributed by atoms with van der Waals surface area (Å²) in [5, 5.41) is 63.8. The summed E-state index contributed by atoms with van der Waals surface area (Å²) in [4.78, 5) is 25.7. The number of hydrogen-bond acceptors (Lipinski definition) is 14. The van der Waals surface area contributed by atoms with Crippen molar-refractivity contribution in [3.63, 3.8) is 0 Å². The summed E-state index contributed by atoms with van der Waals surface area (Å²) >= 11 is 0. The van der Waals surface area contributed by atoms with Gasteiger partial charge in [-0.05, 0) is 69.2 Å². The number of phenolic OH excluding ortho intramolecular Hbond substituents is 1. The molecule has 0 saturated carbocycles. The standard InChI is InChI=1S/C36H54N4O11/c1-35(2,3)32(46)26(38-36(4,5)6)20-22-7-12-27(42)25(19-22)40-39-24-10-8-23(9-11-24)33(47)37-13-14-48-15-16-49-17-18-50-34-31(45)30(44)29(43)28(21-41)51-34/h7-12,19,26,28-31,34,38,41-45H,13-18,20-21H2,1-6H3,(H,37,47)/t26?,28?,29-,30?,31?,34+/m1/s1. The predicted molar refractivity (Wildman–Crippen MR) is 187 cm³/mol. The van der Waals surface area contributed by atoms with Gasteiger partial charge >= 0.3 is 0 Å². The van der Waals surface area contributed by atoms with E-state index in [9.17, 15) is 35.1 Å². The van der Waals surface area contributed by atoms with Crippen LogP contribution in [0.4, 0.5) is 11.4 Å². The van der Waals surface area contributed by atoms with Crippen LogP contribution < -0.4 is 10.6 Å². The quantitative estimate of drug-likeness (QED) is 0.0872. The molecule has 0 radical (unpaired) electrons. The maximum Gasteiger partial charge on any atom is 0.251 e. The molecule has 1 saturated heterocycles. The number of ketones is 1. The van der Waals surface area contributed by atoms with Gasteiger partial charge in [0.25, 0.3) is 5.91 Å². The molecule has 1 aliphatic heterocycles. The predicted octanol–water partition coefficient (Wildman–Crippen LogP) is 2.30. The van der Waals surface area contributed by atoms with Crippen molar-refractivity contribution in [1.29, 1.82) is 0 Å². The number of aliphatic hydroxyl groups is 4. The molecule has 15 nitrogen and oxygen atoms in total. The van der Waals surface area contributed by atoms with Crippen molar-refractivity contribution in [2.24, 2.45) is 15.6 Å². The molecule has 0 aromatic heterocycles. The lowest BCUT2D eigenvalue weighted by Crippen LogP contribution is -2.59. The average molecular weight is 719 g/mol. The molecule has 4 unspecified atom stereocenters. The zero-order valence-corrected chi connectivity index (χ0v) is 30.2. The van der Waals surface area contributed by atoms with Crippen LogP contribution in [0.25, 0.3) is 0 Å². The minimum absolute atomic E-state index is 0.0335. The molecule has 7 N–H and O–H groups in total. The number of ether oxygens (including phenoxy) is 4. The first-order valence-corrected chi connectivity index (χ1v) is 17.0. The number of carbonyl (C=O) groups is 2. The highest BCUT2D eigenvalue weighted by Gasteiger charge is 2.44. The number of nitrogens with one attached hydrogen (secondary N) is 2. The van der Waals surface area contributed by atoms with Crippen molar-refractivity contribution in [3.8, 4) is 5.75 Å². The second kappa shape index (κ2) is 19.5. The van der Waals surface area contributed by atoms with Crippen LogP contribution in [-0.2, 0) is 30.2 Å². The number of rotatable bonds is 18.